The van der Waals surface area contributed by atoms with Crippen LogP contribution in [0.1, 0.15) is 10.4 Å². The molecule has 0 atom stereocenters. The van der Waals surface area contributed by atoms with E-state index in [1.165, 1.54) is 20.4 Å². The molecule has 17 heavy (non-hydrogen) atoms. The van der Waals surface area contributed by atoms with Gasteiger partial charge in [0.25, 0.3) is 5.91 Å². The normalized spacial score (nSPS) is 15.2. The molecule has 7 heteroatoms. The first kappa shape index (κ1) is 11.7. The number of aromatic nitrogens is 2. The highest BCUT2D eigenvalue weighted by atomic mass is 16.7. The average molecular weight is 239 g/mol. The molecule has 0 saturated carbocycles. The van der Waals surface area contributed by atoms with Crippen LogP contribution in [0.3, 0.4) is 0 Å². The maximum absolute atomic E-state index is 11.9. The first-order chi connectivity index (χ1) is 8.22. The Bertz CT molecular complexity index is 408. The van der Waals surface area contributed by atoms with Crippen LogP contribution in [0.25, 0.3) is 0 Å². The summed E-state index contributed by atoms with van der Waals surface area (Å²) < 4.78 is 10.5. The van der Waals surface area contributed by atoms with Gasteiger partial charge in [0.15, 0.2) is 0 Å². The number of rotatable bonds is 4. The third kappa shape index (κ3) is 2.51. The van der Waals surface area contributed by atoms with E-state index >= 15 is 0 Å². The summed E-state index contributed by atoms with van der Waals surface area (Å²) in [5.74, 6) is -0.132. The highest BCUT2D eigenvalue weighted by molar-refractivity contribution is 5.95. The van der Waals surface area contributed by atoms with Gasteiger partial charge in [0, 0.05) is 7.05 Å². The molecular weight excluding hydrogens is 226 g/mol. The Morgan fingerprint density at radius 3 is 2.94 bits per heavy atom. The van der Waals surface area contributed by atoms with Gasteiger partial charge in [-0.05, 0) is 6.07 Å². The zero-order valence-electron chi connectivity index (χ0n) is 9.62. The molecule has 1 saturated heterocycles. The molecule has 0 N–H and O–H groups in total. The minimum atomic E-state index is -0.336. The topological polar surface area (TPSA) is 73.8 Å². The molecule has 1 aliphatic heterocycles. The molecule has 1 aromatic rings. The quantitative estimate of drug-likeness (QED) is 0.682. The van der Waals surface area contributed by atoms with Crippen LogP contribution in [-0.2, 0) is 9.57 Å². The van der Waals surface area contributed by atoms with Crippen LogP contribution in [-0.4, -0.2) is 54.6 Å². The second-order valence-electron chi connectivity index (χ2n) is 3.51. The van der Waals surface area contributed by atoms with E-state index in [0.29, 0.717) is 18.8 Å². The molecule has 0 radical (unpaired) electrons. The summed E-state index contributed by atoms with van der Waals surface area (Å²) >= 11 is 0. The van der Waals surface area contributed by atoms with Gasteiger partial charge in [-0.2, -0.15) is 5.10 Å². The van der Waals surface area contributed by atoms with Crippen LogP contribution in [0.5, 0.6) is 5.88 Å². The van der Waals surface area contributed by atoms with Crippen LogP contribution < -0.4 is 4.74 Å². The molecule has 0 aromatic carbocycles. The van der Waals surface area contributed by atoms with Crippen molar-refractivity contribution in [3.8, 4) is 5.88 Å². The van der Waals surface area contributed by atoms with Crippen molar-refractivity contribution in [1.82, 2.24) is 15.3 Å². The Morgan fingerprint density at radius 1 is 1.59 bits per heavy atom. The second kappa shape index (κ2) is 5.07. The van der Waals surface area contributed by atoms with Crippen molar-refractivity contribution >= 4 is 5.91 Å². The minimum absolute atomic E-state index is 0.0638. The van der Waals surface area contributed by atoms with Gasteiger partial charge < -0.3 is 9.47 Å². The van der Waals surface area contributed by atoms with Crippen LogP contribution in [0.15, 0.2) is 12.3 Å². The molecule has 2 rings (SSSR count). The summed E-state index contributed by atoms with van der Waals surface area (Å²) in [6.07, 6.45) is 1.37. The van der Waals surface area contributed by atoms with E-state index in [4.69, 9.17) is 14.3 Å². The zero-order chi connectivity index (χ0) is 12.3. The summed E-state index contributed by atoms with van der Waals surface area (Å²) in [4.78, 5) is 16.7. The number of carbonyl (C=O) groups excluding carboxylic acids is 1. The third-order valence-electron chi connectivity index (χ3n) is 2.36. The number of amides is 1. The predicted octanol–water partition coefficient (Wildman–Crippen LogP) is -0.112. The molecule has 92 valence electrons. The van der Waals surface area contributed by atoms with Crippen molar-refractivity contribution < 1.29 is 19.1 Å². The average Bonchev–Trinajstić information content (AvgIpc) is 2.32. The van der Waals surface area contributed by atoms with E-state index in [-0.39, 0.29) is 17.9 Å². The monoisotopic (exact) mass is 239 g/mol. The Morgan fingerprint density at radius 2 is 2.35 bits per heavy atom. The maximum Gasteiger partial charge on any atom is 0.282 e. The van der Waals surface area contributed by atoms with Gasteiger partial charge in [0.2, 0.25) is 5.88 Å². The van der Waals surface area contributed by atoms with E-state index in [2.05, 4.69) is 10.2 Å². The van der Waals surface area contributed by atoms with E-state index < -0.39 is 0 Å². The lowest BCUT2D eigenvalue weighted by Crippen LogP contribution is -2.39. The molecule has 0 bridgehead atoms. The molecule has 7 nitrogen and oxygen atoms in total. The predicted molar refractivity (Wildman–Crippen MR) is 56.4 cm³/mol. The second-order valence-corrected chi connectivity index (χ2v) is 3.51. The summed E-state index contributed by atoms with van der Waals surface area (Å²) in [6, 6.07) is 1.54. The van der Waals surface area contributed by atoms with E-state index in [1.807, 2.05) is 0 Å². The molecule has 2 heterocycles. The summed E-state index contributed by atoms with van der Waals surface area (Å²) in [5.41, 5.74) is 0.316. The van der Waals surface area contributed by atoms with Gasteiger partial charge in [0.1, 0.15) is 11.7 Å². The first-order valence-corrected chi connectivity index (χ1v) is 5.10. The molecule has 0 unspecified atom stereocenters. The smallest absolute Gasteiger partial charge is 0.282 e. The summed E-state index contributed by atoms with van der Waals surface area (Å²) in [6.45, 7) is 1.01. The van der Waals surface area contributed by atoms with Crippen LogP contribution in [0, 0.1) is 0 Å². The van der Waals surface area contributed by atoms with Crippen molar-refractivity contribution in [2.24, 2.45) is 0 Å². The largest absolute Gasteiger partial charge is 0.468 e. The number of hydrogen-bond donors (Lipinski definition) is 0. The van der Waals surface area contributed by atoms with Crippen molar-refractivity contribution in [1.29, 1.82) is 0 Å². The number of ether oxygens (including phenoxy) is 2. The zero-order valence-corrected chi connectivity index (χ0v) is 9.62. The molecular formula is C10H13N3O4. The lowest BCUT2D eigenvalue weighted by Gasteiger charge is -2.26. The fourth-order valence-electron chi connectivity index (χ4n) is 1.26. The van der Waals surface area contributed by atoms with E-state index in [9.17, 15) is 4.79 Å². The van der Waals surface area contributed by atoms with Crippen molar-refractivity contribution in [3.63, 3.8) is 0 Å². The van der Waals surface area contributed by atoms with Gasteiger partial charge in [-0.3, -0.25) is 9.63 Å². The number of nitrogens with zero attached hydrogens (tertiary/aromatic N) is 3. The van der Waals surface area contributed by atoms with Gasteiger partial charge in [-0.1, -0.05) is 0 Å². The third-order valence-corrected chi connectivity index (χ3v) is 2.36. The lowest BCUT2D eigenvalue weighted by molar-refractivity contribution is -0.0846. The van der Waals surface area contributed by atoms with Crippen LogP contribution in [0.2, 0.25) is 0 Å². The molecule has 1 aliphatic rings. The van der Waals surface area contributed by atoms with Crippen molar-refractivity contribution in [2.75, 3.05) is 27.4 Å². The Kier molecular flexibility index (Phi) is 3.50. The number of hydroxylamine groups is 2. The fourth-order valence-corrected chi connectivity index (χ4v) is 1.26. The Balaban J connectivity index is 2.17. The van der Waals surface area contributed by atoms with E-state index in [1.54, 1.807) is 6.07 Å². The SMILES string of the molecule is CON(C)C(=O)c1ccnnc1OC1COC1. The highest BCUT2D eigenvalue weighted by Gasteiger charge is 2.25. The van der Waals surface area contributed by atoms with Gasteiger partial charge in [0.05, 0.1) is 26.5 Å². The molecule has 1 aromatic heterocycles. The number of hydrogen-bond acceptors (Lipinski definition) is 6. The highest BCUT2D eigenvalue weighted by Crippen LogP contribution is 2.19. The van der Waals surface area contributed by atoms with E-state index in [0.717, 1.165) is 5.06 Å². The first-order valence-electron chi connectivity index (χ1n) is 5.10. The summed E-state index contributed by atoms with van der Waals surface area (Å²) in [7, 11) is 2.92. The van der Waals surface area contributed by atoms with Gasteiger partial charge in [-0.15, -0.1) is 5.10 Å². The van der Waals surface area contributed by atoms with Crippen LogP contribution in [0.4, 0.5) is 0 Å². The van der Waals surface area contributed by atoms with Crippen molar-refractivity contribution in [2.45, 2.75) is 6.10 Å². The fraction of sp³-hybridized carbons (Fsp3) is 0.500. The van der Waals surface area contributed by atoms with Crippen LogP contribution >= 0.6 is 0 Å². The molecule has 1 fully saturated rings. The Labute approximate surface area is 98.2 Å². The summed E-state index contributed by atoms with van der Waals surface area (Å²) in [5, 5.41) is 8.60. The van der Waals surface area contributed by atoms with Gasteiger partial charge in [-0.25, -0.2) is 5.06 Å². The number of carbonyl (C=O) groups is 1. The van der Waals surface area contributed by atoms with Crippen molar-refractivity contribution in [3.05, 3.63) is 17.8 Å². The standard InChI is InChI=1S/C10H13N3O4/c1-13(15-2)10(14)8-3-4-11-12-9(8)17-7-5-16-6-7/h3-4,7H,5-6H2,1-2H3. The Hall–Kier alpha value is -1.73. The molecule has 1 amide bonds. The lowest BCUT2D eigenvalue weighted by atomic mass is 10.2. The molecule has 0 aliphatic carbocycles. The molecule has 0 spiro atoms. The maximum atomic E-state index is 11.9. The minimum Gasteiger partial charge on any atom is -0.468 e. The van der Waals surface area contributed by atoms with Gasteiger partial charge >= 0.3 is 0 Å².